The number of ketones is 1. The molecule has 1 saturated carbocycles. The zero-order chi connectivity index (χ0) is 9.42. The second kappa shape index (κ2) is 3.13. The van der Waals surface area contributed by atoms with Gasteiger partial charge in [0.25, 0.3) is 0 Å². The molecule has 2 fully saturated rings. The van der Waals surface area contributed by atoms with E-state index in [9.17, 15) is 9.59 Å². The Morgan fingerprint density at radius 1 is 1.46 bits per heavy atom. The van der Waals surface area contributed by atoms with Gasteiger partial charge in [-0.25, -0.2) is 0 Å². The van der Waals surface area contributed by atoms with Crippen LogP contribution in [0.4, 0.5) is 0 Å². The van der Waals surface area contributed by atoms with Crippen LogP contribution in [-0.2, 0) is 9.59 Å². The minimum atomic E-state index is 0.0374. The van der Waals surface area contributed by atoms with Gasteiger partial charge in [0.1, 0.15) is 5.78 Å². The Bertz CT molecular complexity index is 249. The van der Waals surface area contributed by atoms with E-state index in [0.717, 1.165) is 12.5 Å². The van der Waals surface area contributed by atoms with Crippen molar-refractivity contribution in [2.24, 2.45) is 11.8 Å². The first kappa shape index (κ1) is 8.73. The molecule has 1 aliphatic carbocycles. The molecule has 2 unspecified atom stereocenters. The summed E-state index contributed by atoms with van der Waals surface area (Å²) in [7, 11) is 0. The fourth-order valence-electron chi connectivity index (χ4n) is 1.88. The van der Waals surface area contributed by atoms with Gasteiger partial charge in [0.05, 0.1) is 6.42 Å². The summed E-state index contributed by atoms with van der Waals surface area (Å²) in [4.78, 5) is 24.2. The Morgan fingerprint density at radius 2 is 2.15 bits per heavy atom. The molecule has 1 saturated heterocycles. The number of hydrogen-bond donors (Lipinski definition) is 0. The van der Waals surface area contributed by atoms with Crippen molar-refractivity contribution in [1.29, 1.82) is 0 Å². The molecular formula is C10H15NO2. The second-order valence-corrected chi connectivity index (χ2v) is 4.28. The van der Waals surface area contributed by atoms with Gasteiger partial charge >= 0.3 is 0 Å². The molecule has 1 aliphatic heterocycles. The maximum Gasteiger partial charge on any atom is 0.230 e. The molecule has 0 radical (unpaired) electrons. The lowest BCUT2D eigenvalue weighted by atomic mass is 10.1. The van der Waals surface area contributed by atoms with Crippen molar-refractivity contribution < 1.29 is 9.59 Å². The van der Waals surface area contributed by atoms with Crippen LogP contribution in [0.5, 0.6) is 0 Å². The van der Waals surface area contributed by atoms with Crippen LogP contribution in [0.3, 0.4) is 0 Å². The van der Waals surface area contributed by atoms with E-state index in [2.05, 4.69) is 6.92 Å². The Morgan fingerprint density at radius 3 is 2.69 bits per heavy atom. The largest absolute Gasteiger partial charge is 0.342 e. The van der Waals surface area contributed by atoms with Gasteiger partial charge < -0.3 is 4.90 Å². The number of carbonyl (C=O) groups is 2. The second-order valence-electron chi connectivity index (χ2n) is 4.28. The molecule has 2 aliphatic rings. The molecule has 2 rings (SSSR count). The van der Waals surface area contributed by atoms with E-state index in [-0.39, 0.29) is 18.1 Å². The summed E-state index contributed by atoms with van der Waals surface area (Å²) in [5, 5.41) is 0. The molecule has 0 bridgehead atoms. The van der Waals surface area contributed by atoms with Gasteiger partial charge in [-0.2, -0.15) is 0 Å². The predicted molar refractivity (Wildman–Crippen MR) is 48.1 cm³/mol. The van der Waals surface area contributed by atoms with Crippen LogP contribution in [0.15, 0.2) is 0 Å². The maximum absolute atomic E-state index is 11.4. The fraction of sp³-hybridized carbons (Fsp3) is 0.800. The summed E-state index contributed by atoms with van der Waals surface area (Å²) in [6.07, 6.45) is 1.95. The summed E-state index contributed by atoms with van der Waals surface area (Å²) in [6, 6.07) is 0. The van der Waals surface area contributed by atoms with Crippen LogP contribution >= 0.6 is 0 Å². The minimum Gasteiger partial charge on any atom is -0.342 e. The highest BCUT2D eigenvalue weighted by atomic mass is 16.2. The number of Topliss-reactive ketones (excluding diaryl/α,β-unsaturated/α-hetero) is 1. The quantitative estimate of drug-likeness (QED) is 0.592. The topological polar surface area (TPSA) is 37.4 Å². The van der Waals surface area contributed by atoms with Crippen molar-refractivity contribution in [3.63, 3.8) is 0 Å². The Balaban J connectivity index is 1.85. The van der Waals surface area contributed by atoms with E-state index in [4.69, 9.17) is 0 Å². The Labute approximate surface area is 78.1 Å². The van der Waals surface area contributed by atoms with Crippen LogP contribution in [0.1, 0.15) is 26.2 Å². The molecule has 3 nitrogen and oxygen atoms in total. The zero-order valence-electron chi connectivity index (χ0n) is 7.95. The Hall–Kier alpha value is -0.860. The SMILES string of the molecule is CC1CC1CN1CCC(=O)CC1=O. The van der Waals surface area contributed by atoms with Crippen LogP contribution in [0.2, 0.25) is 0 Å². The molecule has 1 heterocycles. The summed E-state index contributed by atoms with van der Waals surface area (Å²) in [6.45, 7) is 3.75. The minimum absolute atomic E-state index is 0.0374. The third kappa shape index (κ3) is 1.90. The normalized spacial score (nSPS) is 33.8. The highest BCUT2D eigenvalue weighted by Crippen LogP contribution is 2.38. The smallest absolute Gasteiger partial charge is 0.230 e. The molecule has 0 aromatic rings. The van der Waals surface area contributed by atoms with Crippen molar-refractivity contribution >= 4 is 11.7 Å². The van der Waals surface area contributed by atoms with E-state index in [1.165, 1.54) is 6.42 Å². The zero-order valence-corrected chi connectivity index (χ0v) is 7.95. The molecular weight excluding hydrogens is 166 g/mol. The monoisotopic (exact) mass is 181 g/mol. The highest BCUT2D eigenvalue weighted by Gasteiger charge is 2.36. The summed E-state index contributed by atoms with van der Waals surface area (Å²) < 4.78 is 0. The number of amides is 1. The number of hydrogen-bond acceptors (Lipinski definition) is 2. The van der Waals surface area contributed by atoms with E-state index in [1.54, 1.807) is 0 Å². The fourth-order valence-corrected chi connectivity index (χ4v) is 1.88. The molecule has 0 N–H and O–H groups in total. The summed E-state index contributed by atoms with van der Waals surface area (Å²) in [5.74, 6) is 1.63. The highest BCUT2D eigenvalue weighted by molar-refractivity contribution is 6.00. The number of carbonyl (C=O) groups excluding carboxylic acids is 2. The van der Waals surface area contributed by atoms with Crippen molar-refractivity contribution in [3.05, 3.63) is 0 Å². The molecule has 13 heavy (non-hydrogen) atoms. The van der Waals surface area contributed by atoms with Gasteiger partial charge in [-0.05, 0) is 18.3 Å². The van der Waals surface area contributed by atoms with Crippen molar-refractivity contribution in [1.82, 2.24) is 4.90 Å². The van der Waals surface area contributed by atoms with Gasteiger partial charge in [0.2, 0.25) is 5.91 Å². The summed E-state index contributed by atoms with van der Waals surface area (Å²) >= 11 is 0. The van der Waals surface area contributed by atoms with Crippen molar-refractivity contribution in [2.75, 3.05) is 13.1 Å². The Kier molecular flexibility index (Phi) is 2.10. The van der Waals surface area contributed by atoms with E-state index >= 15 is 0 Å². The molecule has 1 amide bonds. The van der Waals surface area contributed by atoms with E-state index in [1.807, 2.05) is 4.90 Å². The standard InChI is InChI=1S/C10H15NO2/c1-7-4-8(7)6-11-3-2-9(12)5-10(11)13/h7-8H,2-6H2,1H3. The number of likely N-dealkylation sites (tertiary alicyclic amines) is 1. The maximum atomic E-state index is 11.4. The molecule has 0 aromatic carbocycles. The average Bonchev–Trinajstić information content (AvgIpc) is 2.73. The van der Waals surface area contributed by atoms with Crippen molar-refractivity contribution in [3.8, 4) is 0 Å². The third-order valence-electron chi connectivity index (χ3n) is 3.09. The average molecular weight is 181 g/mol. The lowest BCUT2D eigenvalue weighted by molar-refractivity contribution is -0.139. The molecule has 0 spiro atoms. The summed E-state index contributed by atoms with van der Waals surface area (Å²) in [5.41, 5.74) is 0. The van der Waals surface area contributed by atoms with E-state index < -0.39 is 0 Å². The van der Waals surface area contributed by atoms with Crippen LogP contribution in [-0.4, -0.2) is 29.7 Å². The van der Waals surface area contributed by atoms with Crippen molar-refractivity contribution in [2.45, 2.75) is 26.2 Å². The number of nitrogens with zero attached hydrogens (tertiary/aromatic N) is 1. The van der Waals surface area contributed by atoms with Gasteiger partial charge in [-0.15, -0.1) is 0 Å². The van der Waals surface area contributed by atoms with Gasteiger partial charge in [0.15, 0.2) is 0 Å². The number of rotatable bonds is 2. The third-order valence-corrected chi connectivity index (χ3v) is 3.09. The van der Waals surface area contributed by atoms with Crippen LogP contribution < -0.4 is 0 Å². The molecule has 3 heteroatoms. The van der Waals surface area contributed by atoms with E-state index in [0.29, 0.717) is 18.9 Å². The molecule has 72 valence electrons. The first-order chi connectivity index (χ1) is 6.16. The lowest BCUT2D eigenvalue weighted by Crippen LogP contribution is -2.40. The molecule has 0 aromatic heterocycles. The number of piperidine rings is 1. The lowest BCUT2D eigenvalue weighted by Gasteiger charge is -2.26. The van der Waals surface area contributed by atoms with Crippen LogP contribution in [0.25, 0.3) is 0 Å². The first-order valence-corrected chi connectivity index (χ1v) is 4.96. The first-order valence-electron chi connectivity index (χ1n) is 4.96. The van der Waals surface area contributed by atoms with Gasteiger partial charge in [-0.3, -0.25) is 9.59 Å². The molecule has 2 atom stereocenters. The van der Waals surface area contributed by atoms with Crippen LogP contribution in [0, 0.1) is 11.8 Å². The van der Waals surface area contributed by atoms with Gasteiger partial charge in [-0.1, -0.05) is 6.92 Å². The van der Waals surface area contributed by atoms with Gasteiger partial charge in [0, 0.05) is 19.5 Å². The predicted octanol–water partition coefficient (Wildman–Crippen LogP) is 0.834.